The van der Waals surface area contributed by atoms with Gasteiger partial charge < -0.3 is 4.74 Å². The van der Waals surface area contributed by atoms with Crippen LogP contribution in [0.2, 0.25) is 0 Å². The van der Waals surface area contributed by atoms with Crippen molar-refractivity contribution in [2.45, 2.75) is 20.0 Å². The first-order chi connectivity index (χ1) is 16.9. The van der Waals surface area contributed by atoms with E-state index in [-0.39, 0.29) is 16.9 Å². The molecular formula is C28H20N2O5. The van der Waals surface area contributed by atoms with Gasteiger partial charge in [-0.15, -0.1) is 0 Å². The molecule has 2 amide bonds. The summed E-state index contributed by atoms with van der Waals surface area (Å²) in [5.41, 5.74) is 2.71. The summed E-state index contributed by atoms with van der Waals surface area (Å²) in [6, 6.07) is 21.7. The Labute approximate surface area is 201 Å². The van der Waals surface area contributed by atoms with Crippen molar-refractivity contribution in [3.05, 3.63) is 107 Å². The van der Waals surface area contributed by atoms with Gasteiger partial charge in [0, 0.05) is 10.9 Å². The van der Waals surface area contributed by atoms with Crippen molar-refractivity contribution >= 4 is 40.2 Å². The third kappa shape index (κ3) is 3.77. The molecule has 0 aliphatic carbocycles. The Bertz CT molecular complexity index is 1510. The quantitative estimate of drug-likeness (QED) is 0.240. The molecule has 1 unspecified atom stereocenters. The van der Waals surface area contributed by atoms with E-state index < -0.39 is 23.9 Å². The van der Waals surface area contributed by atoms with Gasteiger partial charge in [-0.3, -0.25) is 19.4 Å². The lowest BCUT2D eigenvalue weighted by Gasteiger charge is -2.15. The Morgan fingerprint density at radius 1 is 0.800 bits per heavy atom. The predicted octanol–water partition coefficient (Wildman–Crippen LogP) is 4.77. The molecule has 1 aromatic heterocycles. The monoisotopic (exact) mass is 464 g/mol. The van der Waals surface area contributed by atoms with Gasteiger partial charge in [0.25, 0.3) is 11.8 Å². The number of anilines is 1. The highest BCUT2D eigenvalue weighted by Crippen LogP contribution is 2.34. The third-order valence-corrected chi connectivity index (χ3v) is 5.98. The number of benzene rings is 3. The first kappa shape index (κ1) is 22.2. The number of hydrogen-bond donors (Lipinski definition) is 0. The molecule has 0 fully saturated rings. The van der Waals surface area contributed by atoms with Gasteiger partial charge in [0.15, 0.2) is 6.10 Å². The van der Waals surface area contributed by atoms with E-state index in [0.29, 0.717) is 33.4 Å². The number of aromatic nitrogens is 1. The zero-order valence-electron chi connectivity index (χ0n) is 19.0. The van der Waals surface area contributed by atoms with Gasteiger partial charge in [-0.2, -0.15) is 0 Å². The molecule has 7 heteroatoms. The maximum atomic E-state index is 13.3. The van der Waals surface area contributed by atoms with Crippen molar-refractivity contribution in [2.75, 3.05) is 4.90 Å². The van der Waals surface area contributed by atoms with Gasteiger partial charge >= 0.3 is 5.97 Å². The Balaban J connectivity index is 1.38. The van der Waals surface area contributed by atoms with Crippen LogP contribution in [0.3, 0.4) is 0 Å². The lowest BCUT2D eigenvalue weighted by molar-refractivity contribution is 0.0319. The number of hydrogen-bond acceptors (Lipinski definition) is 6. The van der Waals surface area contributed by atoms with Gasteiger partial charge in [0.2, 0.25) is 5.78 Å². The van der Waals surface area contributed by atoms with E-state index in [1.54, 1.807) is 55.5 Å². The number of fused-ring (bicyclic) bond motifs is 3. The highest BCUT2D eigenvalue weighted by Gasteiger charge is 2.40. The molecule has 0 bridgehead atoms. The number of amides is 2. The van der Waals surface area contributed by atoms with Crippen molar-refractivity contribution in [1.82, 2.24) is 4.98 Å². The number of carbonyl (C=O) groups is 4. The molecule has 1 aliphatic rings. The number of pyridine rings is 1. The minimum atomic E-state index is -0.968. The van der Waals surface area contributed by atoms with Gasteiger partial charge in [-0.1, -0.05) is 48.5 Å². The van der Waals surface area contributed by atoms with Crippen LogP contribution in [0.25, 0.3) is 10.9 Å². The summed E-state index contributed by atoms with van der Waals surface area (Å²) in [5, 5.41) is 0.617. The van der Waals surface area contributed by atoms with E-state index in [9.17, 15) is 19.2 Å². The molecule has 0 spiro atoms. The largest absolute Gasteiger partial charge is 0.451 e. The Morgan fingerprint density at radius 3 is 2.14 bits per heavy atom. The average Bonchev–Trinajstić information content (AvgIpc) is 3.15. The molecule has 1 atom stereocenters. The van der Waals surface area contributed by atoms with Gasteiger partial charge in [0.05, 0.1) is 33.6 Å². The van der Waals surface area contributed by atoms with Crippen LogP contribution in [0.4, 0.5) is 5.69 Å². The molecule has 7 nitrogen and oxygen atoms in total. The second-order valence-electron chi connectivity index (χ2n) is 8.23. The Hall–Kier alpha value is -4.65. The molecule has 3 aromatic carbocycles. The van der Waals surface area contributed by atoms with E-state index in [1.807, 2.05) is 6.07 Å². The van der Waals surface area contributed by atoms with Crippen molar-refractivity contribution in [2.24, 2.45) is 0 Å². The van der Waals surface area contributed by atoms with Gasteiger partial charge in [-0.25, -0.2) is 9.69 Å². The van der Waals surface area contributed by atoms with Crippen molar-refractivity contribution < 1.29 is 23.9 Å². The van der Waals surface area contributed by atoms with E-state index >= 15 is 0 Å². The van der Waals surface area contributed by atoms with Crippen LogP contribution in [-0.4, -0.2) is 34.7 Å². The fourth-order valence-electron chi connectivity index (χ4n) is 4.23. The molecule has 172 valence electrons. The minimum absolute atomic E-state index is 0.196. The summed E-state index contributed by atoms with van der Waals surface area (Å²) in [6.07, 6.45) is -0.968. The summed E-state index contributed by atoms with van der Waals surface area (Å²) in [5.74, 6) is -1.89. The summed E-state index contributed by atoms with van der Waals surface area (Å²) >= 11 is 0. The standard InChI is InChI=1S/C28H20N2O5/c1-16-23-24(21-10-6-7-11-22(21)29-16)27(33)30(26(23)32)20-14-12-19(13-15-20)28(34)35-17(2)25(31)18-8-4-3-5-9-18/h3-15,17H,1-2H3. The Kier molecular flexibility index (Phi) is 5.45. The fourth-order valence-corrected chi connectivity index (χ4v) is 4.23. The Morgan fingerprint density at radius 2 is 1.43 bits per heavy atom. The van der Waals surface area contributed by atoms with E-state index in [0.717, 1.165) is 4.90 Å². The molecule has 0 radical (unpaired) electrons. The smallest absolute Gasteiger partial charge is 0.338 e. The number of carbonyl (C=O) groups excluding carboxylic acids is 4. The first-order valence-corrected chi connectivity index (χ1v) is 11.0. The number of Topliss-reactive ketones (excluding diaryl/α,β-unsaturated/α-hetero) is 1. The van der Waals surface area contributed by atoms with Crippen LogP contribution in [0.15, 0.2) is 78.9 Å². The average molecular weight is 464 g/mol. The maximum absolute atomic E-state index is 13.3. The molecule has 1 aliphatic heterocycles. The first-order valence-electron chi connectivity index (χ1n) is 11.0. The highest BCUT2D eigenvalue weighted by atomic mass is 16.5. The zero-order valence-corrected chi connectivity index (χ0v) is 19.0. The summed E-state index contributed by atoms with van der Waals surface area (Å²) in [7, 11) is 0. The molecular weight excluding hydrogens is 444 g/mol. The van der Waals surface area contributed by atoms with E-state index in [1.165, 1.54) is 31.2 Å². The fraction of sp³-hybridized carbons (Fsp3) is 0.107. The van der Waals surface area contributed by atoms with Gasteiger partial charge in [-0.05, 0) is 44.2 Å². The number of imide groups is 1. The molecule has 2 heterocycles. The maximum Gasteiger partial charge on any atom is 0.338 e. The molecule has 0 saturated carbocycles. The predicted molar refractivity (Wildman–Crippen MR) is 130 cm³/mol. The zero-order chi connectivity index (χ0) is 24.7. The normalized spacial score (nSPS) is 13.6. The van der Waals surface area contributed by atoms with Crippen molar-refractivity contribution in [3.8, 4) is 0 Å². The summed E-state index contributed by atoms with van der Waals surface area (Å²) < 4.78 is 5.33. The van der Waals surface area contributed by atoms with E-state index in [2.05, 4.69) is 4.98 Å². The lowest BCUT2D eigenvalue weighted by atomic mass is 10.0. The van der Waals surface area contributed by atoms with Crippen molar-refractivity contribution in [1.29, 1.82) is 0 Å². The second kappa shape index (κ2) is 8.61. The topological polar surface area (TPSA) is 93.6 Å². The number of rotatable bonds is 5. The minimum Gasteiger partial charge on any atom is -0.451 e. The molecule has 0 N–H and O–H groups in total. The highest BCUT2D eigenvalue weighted by molar-refractivity contribution is 6.37. The third-order valence-electron chi connectivity index (χ3n) is 5.98. The van der Waals surface area contributed by atoms with Crippen LogP contribution < -0.4 is 4.90 Å². The van der Waals surface area contributed by atoms with Crippen LogP contribution in [-0.2, 0) is 4.74 Å². The second-order valence-corrected chi connectivity index (χ2v) is 8.23. The number of esters is 1. The summed E-state index contributed by atoms with van der Waals surface area (Å²) in [6.45, 7) is 3.22. The van der Waals surface area contributed by atoms with Crippen molar-refractivity contribution in [3.63, 3.8) is 0 Å². The number of aryl methyl sites for hydroxylation is 1. The van der Waals surface area contributed by atoms with Gasteiger partial charge in [0.1, 0.15) is 0 Å². The number of ketones is 1. The molecule has 5 rings (SSSR count). The van der Waals surface area contributed by atoms with Crippen LogP contribution in [0.5, 0.6) is 0 Å². The molecule has 35 heavy (non-hydrogen) atoms. The van der Waals surface area contributed by atoms with Crippen LogP contribution >= 0.6 is 0 Å². The number of para-hydroxylation sites is 1. The SMILES string of the molecule is Cc1nc2ccccc2c2c1C(=O)N(c1ccc(C(=O)OC(C)C(=O)c3ccccc3)cc1)C2=O. The lowest BCUT2D eigenvalue weighted by Crippen LogP contribution is -2.29. The van der Waals surface area contributed by atoms with Crippen LogP contribution in [0, 0.1) is 6.92 Å². The van der Waals surface area contributed by atoms with E-state index in [4.69, 9.17) is 4.74 Å². The summed E-state index contributed by atoms with van der Waals surface area (Å²) in [4.78, 5) is 57.1. The molecule has 0 saturated heterocycles. The molecule has 4 aromatic rings. The van der Waals surface area contributed by atoms with Crippen LogP contribution in [0.1, 0.15) is 54.0 Å². The number of nitrogens with zero attached hydrogens (tertiary/aromatic N) is 2. The number of ether oxygens (including phenoxy) is 1.